The number of rotatable bonds is 9. The van der Waals surface area contributed by atoms with Crippen LogP contribution in [0.4, 0.5) is 0 Å². The van der Waals surface area contributed by atoms with Crippen molar-refractivity contribution in [2.45, 2.75) is 52.0 Å². The summed E-state index contributed by atoms with van der Waals surface area (Å²) in [5.41, 5.74) is 5.45. The molecule has 2 unspecified atom stereocenters. The highest BCUT2D eigenvalue weighted by atomic mass is 16.4. The number of carbonyl (C=O) groups excluding carboxylic acids is 1. The Labute approximate surface area is 103 Å². The predicted molar refractivity (Wildman–Crippen MR) is 66.5 cm³/mol. The third kappa shape index (κ3) is 7.74. The van der Waals surface area contributed by atoms with E-state index in [9.17, 15) is 9.59 Å². The fourth-order valence-corrected chi connectivity index (χ4v) is 1.60. The van der Waals surface area contributed by atoms with Gasteiger partial charge in [-0.1, -0.05) is 33.1 Å². The highest BCUT2D eigenvalue weighted by molar-refractivity contribution is 5.85. The molecule has 0 spiro atoms. The first kappa shape index (κ1) is 15.9. The fraction of sp³-hybridized carbons (Fsp3) is 0.833. The second-order valence-electron chi connectivity index (χ2n) is 4.37. The van der Waals surface area contributed by atoms with Gasteiger partial charge in [0.15, 0.2) is 0 Å². The first-order valence-electron chi connectivity index (χ1n) is 6.26. The number of amides is 1. The third-order valence-electron chi connectivity index (χ3n) is 2.84. The maximum atomic E-state index is 11.5. The van der Waals surface area contributed by atoms with Crippen LogP contribution >= 0.6 is 0 Å². The number of hydrogen-bond acceptors (Lipinski definition) is 3. The molecule has 0 fully saturated rings. The van der Waals surface area contributed by atoms with E-state index in [-0.39, 0.29) is 12.3 Å². The first-order valence-corrected chi connectivity index (χ1v) is 6.26. The first-order chi connectivity index (χ1) is 8.01. The van der Waals surface area contributed by atoms with Crippen LogP contribution in [-0.4, -0.2) is 29.6 Å². The van der Waals surface area contributed by atoms with E-state index in [1.54, 1.807) is 0 Å². The lowest BCUT2D eigenvalue weighted by Gasteiger charge is -2.17. The van der Waals surface area contributed by atoms with Crippen molar-refractivity contribution in [3.63, 3.8) is 0 Å². The van der Waals surface area contributed by atoms with Crippen molar-refractivity contribution in [2.24, 2.45) is 11.7 Å². The fourth-order valence-electron chi connectivity index (χ4n) is 1.60. The molecule has 0 aromatic carbocycles. The number of nitrogens with one attached hydrogen (secondary N) is 1. The van der Waals surface area contributed by atoms with E-state index in [1.807, 2.05) is 0 Å². The molecule has 0 rings (SSSR count). The van der Waals surface area contributed by atoms with Crippen LogP contribution in [0, 0.1) is 5.92 Å². The number of unbranched alkanes of at least 4 members (excludes halogenated alkanes) is 1. The molecule has 1 amide bonds. The van der Waals surface area contributed by atoms with E-state index < -0.39 is 12.0 Å². The number of carboxylic acids is 1. The van der Waals surface area contributed by atoms with Crippen LogP contribution in [0.25, 0.3) is 0 Å². The molecule has 0 saturated carbocycles. The van der Waals surface area contributed by atoms with Gasteiger partial charge in [0, 0.05) is 6.54 Å². The van der Waals surface area contributed by atoms with Gasteiger partial charge in [-0.2, -0.15) is 0 Å². The lowest BCUT2D eigenvalue weighted by molar-refractivity contribution is -0.139. The van der Waals surface area contributed by atoms with E-state index >= 15 is 0 Å². The Morgan fingerprint density at radius 1 is 1.35 bits per heavy atom. The van der Waals surface area contributed by atoms with Gasteiger partial charge in [-0.15, -0.1) is 0 Å². The maximum absolute atomic E-state index is 11.5. The van der Waals surface area contributed by atoms with E-state index in [0.29, 0.717) is 12.5 Å². The van der Waals surface area contributed by atoms with Crippen LogP contribution in [0.1, 0.15) is 46.0 Å². The quantitative estimate of drug-likeness (QED) is 0.566. The zero-order chi connectivity index (χ0) is 13.3. The average molecular weight is 244 g/mol. The normalized spacial score (nSPS) is 14.1. The summed E-state index contributed by atoms with van der Waals surface area (Å²) >= 11 is 0. The summed E-state index contributed by atoms with van der Waals surface area (Å²) < 4.78 is 0. The van der Waals surface area contributed by atoms with Crippen molar-refractivity contribution >= 4 is 11.9 Å². The second-order valence-corrected chi connectivity index (χ2v) is 4.37. The molecule has 5 heteroatoms. The summed E-state index contributed by atoms with van der Waals surface area (Å²) in [6.07, 6.45) is 4.06. The summed E-state index contributed by atoms with van der Waals surface area (Å²) in [4.78, 5) is 21.9. The Hall–Kier alpha value is -1.10. The minimum atomic E-state index is -1.05. The van der Waals surface area contributed by atoms with Crippen LogP contribution in [-0.2, 0) is 9.59 Å². The van der Waals surface area contributed by atoms with Crippen molar-refractivity contribution < 1.29 is 14.7 Å². The average Bonchev–Trinajstić information content (AvgIpc) is 2.28. The van der Waals surface area contributed by atoms with Gasteiger partial charge in [-0.3, -0.25) is 9.59 Å². The molecule has 0 radical (unpaired) electrons. The number of hydrogen-bond donors (Lipinski definition) is 3. The van der Waals surface area contributed by atoms with Crippen molar-refractivity contribution in [1.82, 2.24) is 5.32 Å². The molecule has 0 bridgehead atoms. The Balaban J connectivity index is 3.90. The third-order valence-corrected chi connectivity index (χ3v) is 2.84. The van der Waals surface area contributed by atoms with Crippen molar-refractivity contribution in [3.8, 4) is 0 Å². The Morgan fingerprint density at radius 2 is 2.00 bits per heavy atom. The topological polar surface area (TPSA) is 92.4 Å². The molecule has 4 N–H and O–H groups in total. The summed E-state index contributed by atoms with van der Waals surface area (Å²) in [7, 11) is 0. The van der Waals surface area contributed by atoms with Gasteiger partial charge in [0.25, 0.3) is 0 Å². The molecular formula is C12H24N2O3. The molecule has 0 aliphatic rings. The van der Waals surface area contributed by atoms with Gasteiger partial charge in [0.1, 0.15) is 0 Å². The molecule has 17 heavy (non-hydrogen) atoms. The molecule has 0 aromatic rings. The van der Waals surface area contributed by atoms with E-state index in [2.05, 4.69) is 19.2 Å². The SMILES string of the molecule is CCCCC(CC)CNC(=O)C(N)CC(=O)O. The predicted octanol–water partition coefficient (Wildman–Crippen LogP) is 1.12. The van der Waals surface area contributed by atoms with E-state index in [4.69, 9.17) is 10.8 Å². The summed E-state index contributed by atoms with van der Waals surface area (Å²) in [6.45, 7) is 4.81. The molecule has 0 aliphatic carbocycles. The zero-order valence-electron chi connectivity index (χ0n) is 10.7. The van der Waals surface area contributed by atoms with Gasteiger partial charge < -0.3 is 16.2 Å². The summed E-state index contributed by atoms with van der Waals surface area (Å²) in [5, 5.41) is 11.2. The monoisotopic (exact) mass is 244 g/mol. The second kappa shape index (κ2) is 8.98. The van der Waals surface area contributed by atoms with Gasteiger partial charge >= 0.3 is 5.97 Å². The van der Waals surface area contributed by atoms with Gasteiger partial charge in [-0.05, 0) is 12.3 Å². The number of aliphatic carboxylic acids is 1. The molecule has 0 saturated heterocycles. The number of carboxylic acid groups (broad SMARTS) is 1. The molecule has 0 aromatic heterocycles. The van der Waals surface area contributed by atoms with Crippen LogP contribution in [0.15, 0.2) is 0 Å². The summed E-state index contributed by atoms with van der Waals surface area (Å²) in [6, 6.07) is -0.948. The Morgan fingerprint density at radius 3 is 2.47 bits per heavy atom. The van der Waals surface area contributed by atoms with Crippen LogP contribution in [0.2, 0.25) is 0 Å². The van der Waals surface area contributed by atoms with Gasteiger partial charge in [-0.25, -0.2) is 0 Å². The number of nitrogens with two attached hydrogens (primary N) is 1. The maximum Gasteiger partial charge on any atom is 0.305 e. The smallest absolute Gasteiger partial charge is 0.305 e. The van der Waals surface area contributed by atoms with Crippen molar-refractivity contribution in [3.05, 3.63) is 0 Å². The highest BCUT2D eigenvalue weighted by Crippen LogP contribution is 2.11. The molecule has 5 nitrogen and oxygen atoms in total. The van der Waals surface area contributed by atoms with Crippen molar-refractivity contribution in [2.75, 3.05) is 6.54 Å². The lowest BCUT2D eigenvalue weighted by Crippen LogP contribution is -2.43. The highest BCUT2D eigenvalue weighted by Gasteiger charge is 2.17. The molecular weight excluding hydrogens is 220 g/mol. The molecule has 0 heterocycles. The van der Waals surface area contributed by atoms with Crippen LogP contribution < -0.4 is 11.1 Å². The standard InChI is InChI=1S/C12H24N2O3/c1-3-5-6-9(4-2)8-14-12(17)10(13)7-11(15)16/h9-10H,3-8,13H2,1-2H3,(H,14,17)(H,15,16). The Kier molecular flexibility index (Phi) is 8.40. The molecule has 2 atom stereocenters. The number of carbonyl (C=O) groups is 2. The van der Waals surface area contributed by atoms with Gasteiger partial charge in [0.05, 0.1) is 12.5 Å². The zero-order valence-corrected chi connectivity index (χ0v) is 10.7. The van der Waals surface area contributed by atoms with E-state index in [1.165, 1.54) is 0 Å². The summed E-state index contributed by atoms with van der Waals surface area (Å²) in [5.74, 6) is -0.969. The minimum Gasteiger partial charge on any atom is -0.481 e. The van der Waals surface area contributed by atoms with Crippen LogP contribution in [0.5, 0.6) is 0 Å². The van der Waals surface area contributed by atoms with E-state index in [0.717, 1.165) is 25.7 Å². The molecule has 0 aliphatic heterocycles. The van der Waals surface area contributed by atoms with Crippen molar-refractivity contribution in [1.29, 1.82) is 0 Å². The van der Waals surface area contributed by atoms with Gasteiger partial charge in [0.2, 0.25) is 5.91 Å². The lowest BCUT2D eigenvalue weighted by atomic mass is 9.99. The minimum absolute atomic E-state index is 0.322. The van der Waals surface area contributed by atoms with Crippen LogP contribution in [0.3, 0.4) is 0 Å². The largest absolute Gasteiger partial charge is 0.481 e. The molecule has 100 valence electrons. The Bertz CT molecular complexity index is 244.